The van der Waals surface area contributed by atoms with Gasteiger partial charge in [0.15, 0.2) is 0 Å². The van der Waals surface area contributed by atoms with Crippen molar-refractivity contribution in [3.63, 3.8) is 0 Å². The highest BCUT2D eigenvalue weighted by molar-refractivity contribution is 5.98. The Bertz CT molecular complexity index is 996. The van der Waals surface area contributed by atoms with Gasteiger partial charge in [0.1, 0.15) is 0 Å². The van der Waals surface area contributed by atoms with Gasteiger partial charge in [-0.2, -0.15) is 0 Å². The molecule has 9 heteroatoms. The van der Waals surface area contributed by atoms with Crippen molar-refractivity contribution in [2.75, 3.05) is 42.9 Å². The van der Waals surface area contributed by atoms with E-state index in [4.69, 9.17) is 15.7 Å². The molecule has 0 bridgehead atoms. The zero-order valence-electron chi connectivity index (χ0n) is 17.2. The van der Waals surface area contributed by atoms with Gasteiger partial charge < -0.3 is 21.3 Å². The molecule has 1 aliphatic rings. The molecule has 4 rings (SSSR count). The van der Waals surface area contributed by atoms with E-state index in [0.29, 0.717) is 19.4 Å². The van der Waals surface area contributed by atoms with Crippen LogP contribution in [-0.2, 0) is 4.79 Å². The molecular weight excluding hydrogens is 435 g/mol. The van der Waals surface area contributed by atoms with Crippen LogP contribution in [0.3, 0.4) is 0 Å². The van der Waals surface area contributed by atoms with Gasteiger partial charge in [-0.15, -0.1) is 24.8 Å². The minimum Gasteiger partial charge on any atom is -0.338 e. The van der Waals surface area contributed by atoms with Crippen molar-refractivity contribution < 1.29 is 4.79 Å². The Hall–Kier alpha value is -2.45. The van der Waals surface area contributed by atoms with Crippen LogP contribution in [0.25, 0.3) is 22.2 Å². The van der Waals surface area contributed by atoms with Crippen LogP contribution >= 0.6 is 24.8 Å². The van der Waals surface area contributed by atoms with Crippen LogP contribution < -0.4 is 21.3 Å². The molecule has 31 heavy (non-hydrogen) atoms. The Morgan fingerprint density at radius 3 is 2.52 bits per heavy atom. The fourth-order valence-corrected chi connectivity index (χ4v) is 3.50. The lowest BCUT2D eigenvalue weighted by Gasteiger charge is -2.28. The lowest BCUT2D eigenvalue weighted by Crippen LogP contribution is -2.44. The molecule has 1 amide bonds. The molecule has 0 radical (unpaired) electrons. The molecule has 2 heterocycles. The van der Waals surface area contributed by atoms with Crippen molar-refractivity contribution in [2.24, 2.45) is 5.73 Å². The second kappa shape index (κ2) is 11.8. The molecule has 0 atom stereocenters. The van der Waals surface area contributed by atoms with E-state index in [-0.39, 0.29) is 30.7 Å². The summed E-state index contributed by atoms with van der Waals surface area (Å²) in [5.41, 5.74) is 9.02. The van der Waals surface area contributed by atoms with Crippen LogP contribution in [0.5, 0.6) is 0 Å². The number of aromatic nitrogens is 2. The summed E-state index contributed by atoms with van der Waals surface area (Å²) in [5, 5.41) is 7.24. The Morgan fingerprint density at radius 2 is 1.81 bits per heavy atom. The number of amides is 1. The van der Waals surface area contributed by atoms with Crippen molar-refractivity contribution in [1.82, 2.24) is 15.3 Å². The van der Waals surface area contributed by atoms with Crippen molar-refractivity contribution in [1.29, 1.82) is 0 Å². The van der Waals surface area contributed by atoms with Gasteiger partial charge in [-0.05, 0) is 31.2 Å². The van der Waals surface area contributed by atoms with Crippen LogP contribution in [0.4, 0.5) is 11.6 Å². The van der Waals surface area contributed by atoms with Crippen LogP contribution in [-0.4, -0.2) is 48.6 Å². The van der Waals surface area contributed by atoms with Crippen LogP contribution in [0.2, 0.25) is 0 Å². The lowest BCUT2D eigenvalue weighted by molar-refractivity contribution is -0.116. The molecule has 7 nitrogen and oxygen atoms in total. The summed E-state index contributed by atoms with van der Waals surface area (Å²) in [6, 6.07) is 15.9. The summed E-state index contributed by atoms with van der Waals surface area (Å²) in [6.07, 6.45) is 1.09. The van der Waals surface area contributed by atoms with Crippen molar-refractivity contribution in [3.8, 4) is 11.3 Å². The molecule has 166 valence electrons. The van der Waals surface area contributed by atoms with E-state index in [9.17, 15) is 4.79 Å². The molecule has 4 N–H and O–H groups in total. The van der Waals surface area contributed by atoms with Crippen LogP contribution in [0, 0.1) is 0 Å². The van der Waals surface area contributed by atoms with E-state index < -0.39 is 0 Å². The number of hydrogen-bond acceptors (Lipinski definition) is 6. The first-order valence-corrected chi connectivity index (χ1v) is 10.1. The first-order chi connectivity index (χ1) is 14.2. The zero-order valence-corrected chi connectivity index (χ0v) is 18.8. The number of fused-ring (bicyclic) bond motifs is 1. The fraction of sp³-hybridized carbons (Fsp3) is 0.318. The van der Waals surface area contributed by atoms with E-state index in [2.05, 4.69) is 27.7 Å². The Kier molecular flexibility index (Phi) is 9.45. The van der Waals surface area contributed by atoms with Crippen LogP contribution in [0.1, 0.15) is 12.8 Å². The number of nitrogens with zero attached hydrogens (tertiary/aromatic N) is 3. The normalized spacial score (nSPS) is 13.3. The zero-order chi connectivity index (χ0) is 20.1. The largest absolute Gasteiger partial charge is 0.338 e. The van der Waals surface area contributed by atoms with Gasteiger partial charge in [-0.25, -0.2) is 9.97 Å². The van der Waals surface area contributed by atoms with Crippen molar-refractivity contribution >= 4 is 53.3 Å². The summed E-state index contributed by atoms with van der Waals surface area (Å²) in [6.45, 7) is 4.13. The van der Waals surface area contributed by atoms with Gasteiger partial charge in [0.25, 0.3) is 0 Å². The number of rotatable bonds is 6. The topological polar surface area (TPSA) is 96.2 Å². The van der Waals surface area contributed by atoms with Crippen LogP contribution in [0.15, 0.2) is 48.5 Å². The molecule has 1 aromatic heterocycles. The van der Waals surface area contributed by atoms with Crippen molar-refractivity contribution in [2.45, 2.75) is 12.8 Å². The predicted molar refractivity (Wildman–Crippen MR) is 131 cm³/mol. The molecular formula is C22H28Cl2N6O. The Balaban J connectivity index is 0.00000171. The van der Waals surface area contributed by atoms with Gasteiger partial charge >= 0.3 is 0 Å². The number of hydrogen-bond donors (Lipinski definition) is 3. The molecule has 0 spiro atoms. The van der Waals surface area contributed by atoms with Gasteiger partial charge in [0.05, 0.1) is 11.2 Å². The Morgan fingerprint density at radius 1 is 1.06 bits per heavy atom. The fourth-order valence-electron chi connectivity index (χ4n) is 3.50. The average Bonchev–Trinajstić information content (AvgIpc) is 2.78. The minimum absolute atomic E-state index is 0. The summed E-state index contributed by atoms with van der Waals surface area (Å²) in [7, 11) is 0. The third kappa shape index (κ3) is 6.04. The molecule has 1 aliphatic heterocycles. The number of nitrogens with one attached hydrogen (secondary N) is 2. The average molecular weight is 463 g/mol. The van der Waals surface area contributed by atoms with E-state index in [1.54, 1.807) is 0 Å². The molecule has 0 unspecified atom stereocenters. The number of benzene rings is 2. The third-order valence-electron chi connectivity index (χ3n) is 5.02. The van der Waals surface area contributed by atoms with E-state index in [0.717, 1.165) is 60.0 Å². The highest BCUT2D eigenvalue weighted by Crippen LogP contribution is 2.30. The third-order valence-corrected chi connectivity index (χ3v) is 5.02. The summed E-state index contributed by atoms with van der Waals surface area (Å²) >= 11 is 0. The van der Waals surface area contributed by atoms with Gasteiger partial charge in [0, 0.05) is 49.2 Å². The molecule has 0 aliphatic carbocycles. The maximum absolute atomic E-state index is 12.1. The minimum atomic E-state index is -0.0329. The smallest absolute Gasteiger partial charge is 0.226 e. The highest BCUT2D eigenvalue weighted by atomic mass is 35.5. The molecule has 3 aromatic rings. The van der Waals surface area contributed by atoms with E-state index in [1.165, 1.54) is 0 Å². The maximum atomic E-state index is 12.1. The van der Waals surface area contributed by atoms with E-state index in [1.807, 2.05) is 36.4 Å². The maximum Gasteiger partial charge on any atom is 0.226 e. The number of halogens is 2. The number of piperazine rings is 1. The van der Waals surface area contributed by atoms with Gasteiger partial charge in [-0.1, -0.05) is 30.3 Å². The van der Waals surface area contributed by atoms with E-state index >= 15 is 0 Å². The number of carbonyl (C=O) groups is 1. The molecule has 0 saturated carbocycles. The number of nitrogens with two attached hydrogens (primary N) is 1. The van der Waals surface area contributed by atoms with Gasteiger partial charge in [0.2, 0.25) is 11.9 Å². The first kappa shape index (κ1) is 24.8. The SMILES string of the molecule is Cl.Cl.NCCCC(=O)Nc1ccc2nc(N3CCNCC3)nc(-c3ccccc3)c2c1. The monoisotopic (exact) mass is 462 g/mol. The summed E-state index contributed by atoms with van der Waals surface area (Å²) in [4.78, 5) is 24.1. The molecule has 1 saturated heterocycles. The predicted octanol–water partition coefficient (Wildman–Crippen LogP) is 3.23. The van der Waals surface area contributed by atoms with Crippen molar-refractivity contribution in [3.05, 3.63) is 48.5 Å². The molecule has 2 aromatic carbocycles. The number of anilines is 2. The highest BCUT2D eigenvalue weighted by Gasteiger charge is 2.17. The second-order valence-corrected chi connectivity index (χ2v) is 7.15. The lowest BCUT2D eigenvalue weighted by atomic mass is 10.1. The van der Waals surface area contributed by atoms with Gasteiger partial charge in [-0.3, -0.25) is 4.79 Å². The Labute approximate surface area is 194 Å². The first-order valence-electron chi connectivity index (χ1n) is 10.1. The second-order valence-electron chi connectivity index (χ2n) is 7.15. The quantitative estimate of drug-likeness (QED) is 0.520. The summed E-state index contributed by atoms with van der Waals surface area (Å²) in [5.74, 6) is 0.715. The number of carbonyl (C=O) groups excluding carboxylic acids is 1. The standard InChI is InChI=1S/C22H26N6O.2ClH/c23-10-4-7-20(29)25-17-8-9-19-18(15-17)21(16-5-2-1-3-6-16)27-22(26-19)28-13-11-24-12-14-28;;/h1-3,5-6,8-9,15,24H,4,7,10-14,23H2,(H,25,29);2*1H. The summed E-state index contributed by atoms with van der Waals surface area (Å²) < 4.78 is 0. The molecule has 1 fully saturated rings.